The van der Waals surface area contributed by atoms with Crippen LogP contribution in [0.1, 0.15) is 49.5 Å². The van der Waals surface area contributed by atoms with Crippen molar-refractivity contribution in [1.29, 1.82) is 0 Å². The summed E-state index contributed by atoms with van der Waals surface area (Å²) in [6.07, 6.45) is 2.46. The quantitative estimate of drug-likeness (QED) is 0.867. The Morgan fingerprint density at radius 1 is 1.32 bits per heavy atom. The molecule has 1 unspecified atom stereocenters. The molecule has 2 heterocycles. The number of aromatic nitrogens is 2. The van der Waals surface area contributed by atoms with Crippen LogP contribution in [0.15, 0.2) is 34.9 Å². The topological polar surface area (TPSA) is 88.3 Å². The summed E-state index contributed by atoms with van der Waals surface area (Å²) in [7, 11) is 0. The van der Waals surface area contributed by atoms with E-state index in [2.05, 4.69) is 15.5 Å². The van der Waals surface area contributed by atoms with Gasteiger partial charge in [-0.15, -0.1) is 0 Å². The first-order valence-corrected chi connectivity index (χ1v) is 8.54. The van der Waals surface area contributed by atoms with E-state index in [1.807, 2.05) is 30.3 Å². The SMILES string of the molecule is CC(=O)N1CCCC1c1noc(CCC(=O)NCc2ccccc2)n1. The van der Waals surface area contributed by atoms with Crippen molar-refractivity contribution in [2.75, 3.05) is 6.54 Å². The van der Waals surface area contributed by atoms with E-state index in [1.165, 1.54) is 0 Å². The van der Waals surface area contributed by atoms with Gasteiger partial charge in [-0.2, -0.15) is 4.98 Å². The summed E-state index contributed by atoms with van der Waals surface area (Å²) in [6.45, 7) is 2.78. The van der Waals surface area contributed by atoms with Crippen molar-refractivity contribution in [3.63, 3.8) is 0 Å². The smallest absolute Gasteiger partial charge is 0.227 e. The van der Waals surface area contributed by atoms with Crippen molar-refractivity contribution < 1.29 is 14.1 Å². The minimum absolute atomic E-state index is 0.0224. The van der Waals surface area contributed by atoms with Gasteiger partial charge >= 0.3 is 0 Å². The first-order chi connectivity index (χ1) is 12.1. The molecule has 0 radical (unpaired) electrons. The molecule has 0 saturated carbocycles. The van der Waals surface area contributed by atoms with Crippen LogP contribution in [0.3, 0.4) is 0 Å². The Kier molecular flexibility index (Phi) is 5.42. The molecule has 7 heteroatoms. The van der Waals surface area contributed by atoms with Gasteiger partial charge < -0.3 is 14.7 Å². The van der Waals surface area contributed by atoms with Crippen LogP contribution in [-0.2, 0) is 22.6 Å². The van der Waals surface area contributed by atoms with Crippen LogP contribution >= 0.6 is 0 Å². The molecule has 1 fully saturated rings. The predicted octanol–water partition coefficient (Wildman–Crippen LogP) is 2.00. The second-order valence-corrected chi connectivity index (χ2v) is 6.18. The fraction of sp³-hybridized carbons (Fsp3) is 0.444. The highest BCUT2D eigenvalue weighted by atomic mass is 16.5. The average Bonchev–Trinajstić information content (AvgIpc) is 3.27. The molecule has 2 amide bonds. The molecule has 1 aromatic heterocycles. The second kappa shape index (κ2) is 7.92. The number of carbonyl (C=O) groups is 2. The Hall–Kier alpha value is -2.70. The fourth-order valence-corrected chi connectivity index (χ4v) is 3.02. The number of nitrogens with zero attached hydrogens (tertiary/aromatic N) is 3. The maximum atomic E-state index is 11.9. The summed E-state index contributed by atoms with van der Waals surface area (Å²) < 4.78 is 5.24. The molecule has 2 aromatic rings. The number of nitrogens with one attached hydrogen (secondary N) is 1. The van der Waals surface area contributed by atoms with E-state index in [0.29, 0.717) is 24.7 Å². The van der Waals surface area contributed by atoms with Gasteiger partial charge in [0.15, 0.2) is 5.82 Å². The average molecular weight is 342 g/mol. The van der Waals surface area contributed by atoms with Crippen molar-refractivity contribution in [1.82, 2.24) is 20.4 Å². The lowest BCUT2D eigenvalue weighted by molar-refractivity contribution is -0.129. The zero-order valence-electron chi connectivity index (χ0n) is 14.3. The molecule has 0 spiro atoms. The van der Waals surface area contributed by atoms with Gasteiger partial charge in [-0.05, 0) is 18.4 Å². The summed E-state index contributed by atoms with van der Waals surface area (Å²) >= 11 is 0. The zero-order valence-corrected chi connectivity index (χ0v) is 14.3. The molecule has 1 saturated heterocycles. The number of benzene rings is 1. The van der Waals surface area contributed by atoms with Crippen LogP contribution in [0.4, 0.5) is 0 Å². The van der Waals surface area contributed by atoms with E-state index in [-0.39, 0.29) is 24.3 Å². The van der Waals surface area contributed by atoms with Gasteiger partial charge in [0.25, 0.3) is 0 Å². The first-order valence-electron chi connectivity index (χ1n) is 8.54. The largest absolute Gasteiger partial charge is 0.352 e. The normalized spacial score (nSPS) is 16.8. The molecule has 132 valence electrons. The molecule has 3 rings (SSSR count). The van der Waals surface area contributed by atoms with Gasteiger partial charge in [-0.1, -0.05) is 35.5 Å². The number of rotatable bonds is 6. The lowest BCUT2D eigenvalue weighted by Gasteiger charge is -2.19. The highest BCUT2D eigenvalue weighted by molar-refractivity contribution is 5.76. The third kappa shape index (κ3) is 4.43. The van der Waals surface area contributed by atoms with Gasteiger partial charge in [0.05, 0.1) is 6.04 Å². The van der Waals surface area contributed by atoms with Gasteiger partial charge in [-0.25, -0.2) is 0 Å². The Balaban J connectivity index is 1.48. The Morgan fingerprint density at radius 2 is 2.12 bits per heavy atom. The minimum Gasteiger partial charge on any atom is -0.352 e. The van der Waals surface area contributed by atoms with Crippen LogP contribution in [0, 0.1) is 0 Å². The number of hydrogen-bond donors (Lipinski definition) is 1. The summed E-state index contributed by atoms with van der Waals surface area (Å²) in [5, 5.41) is 6.86. The van der Waals surface area contributed by atoms with Crippen LogP contribution in [0.25, 0.3) is 0 Å². The van der Waals surface area contributed by atoms with E-state index in [4.69, 9.17) is 4.52 Å². The molecule has 1 aliphatic rings. The van der Waals surface area contributed by atoms with E-state index >= 15 is 0 Å². The van der Waals surface area contributed by atoms with Crippen LogP contribution in [0.2, 0.25) is 0 Å². The highest BCUT2D eigenvalue weighted by Crippen LogP contribution is 2.30. The molecule has 1 aliphatic heterocycles. The standard InChI is InChI=1S/C18H22N4O3/c1-13(23)22-11-5-8-15(22)18-20-17(25-21-18)10-9-16(24)19-12-14-6-3-2-4-7-14/h2-4,6-7,15H,5,8-12H2,1H3,(H,19,24). The van der Waals surface area contributed by atoms with Crippen molar-refractivity contribution in [2.24, 2.45) is 0 Å². The van der Waals surface area contributed by atoms with Gasteiger partial charge in [0.2, 0.25) is 17.7 Å². The summed E-state index contributed by atoms with van der Waals surface area (Å²) in [6, 6.07) is 9.64. The van der Waals surface area contributed by atoms with Crippen molar-refractivity contribution in [3.05, 3.63) is 47.6 Å². The first kappa shape index (κ1) is 17.1. The predicted molar refractivity (Wildman–Crippen MR) is 90.3 cm³/mol. The second-order valence-electron chi connectivity index (χ2n) is 6.18. The molecule has 7 nitrogen and oxygen atoms in total. The van der Waals surface area contributed by atoms with Crippen molar-refractivity contribution in [3.8, 4) is 0 Å². The van der Waals surface area contributed by atoms with Gasteiger partial charge in [-0.3, -0.25) is 9.59 Å². The Morgan fingerprint density at radius 3 is 2.88 bits per heavy atom. The Bertz CT molecular complexity index is 729. The van der Waals surface area contributed by atoms with Crippen molar-refractivity contribution in [2.45, 2.75) is 45.2 Å². The zero-order chi connectivity index (χ0) is 17.6. The monoisotopic (exact) mass is 342 g/mol. The number of likely N-dealkylation sites (tertiary alicyclic amines) is 1. The number of amides is 2. The lowest BCUT2D eigenvalue weighted by atomic mass is 10.2. The Labute approximate surface area is 146 Å². The molecular weight excluding hydrogens is 320 g/mol. The fourth-order valence-electron chi connectivity index (χ4n) is 3.02. The van der Waals surface area contributed by atoms with E-state index in [9.17, 15) is 9.59 Å². The van der Waals surface area contributed by atoms with Crippen LogP contribution in [0.5, 0.6) is 0 Å². The van der Waals surface area contributed by atoms with Gasteiger partial charge in [0.1, 0.15) is 0 Å². The van der Waals surface area contributed by atoms with E-state index in [1.54, 1.807) is 11.8 Å². The maximum absolute atomic E-state index is 11.9. The summed E-state index contributed by atoms with van der Waals surface area (Å²) in [5.41, 5.74) is 1.06. The molecule has 1 atom stereocenters. The van der Waals surface area contributed by atoms with Gasteiger partial charge in [0, 0.05) is 32.9 Å². The molecule has 1 N–H and O–H groups in total. The summed E-state index contributed by atoms with van der Waals surface area (Å²) in [4.78, 5) is 29.7. The molecule has 1 aromatic carbocycles. The third-order valence-corrected chi connectivity index (χ3v) is 4.34. The van der Waals surface area contributed by atoms with Crippen molar-refractivity contribution >= 4 is 11.8 Å². The summed E-state index contributed by atoms with van der Waals surface area (Å²) in [5.74, 6) is 0.927. The molecule has 0 aliphatic carbocycles. The van der Waals surface area contributed by atoms with Crippen LogP contribution < -0.4 is 5.32 Å². The van der Waals surface area contributed by atoms with E-state index < -0.39 is 0 Å². The molecule has 0 bridgehead atoms. The molecule has 25 heavy (non-hydrogen) atoms. The molecular formula is C18H22N4O3. The van der Waals surface area contributed by atoms with E-state index in [0.717, 1.165) is 24.9 Å². The number of carbonyl (C=O) groups excluding carboxylic acids is 2. The lowest BCUT2D eigenvalue weighted by Crippen LogP contribution is -2.28. The maximum Gasteiger partial charge on any atom is 0.227 e. The number of hydrogen-bond acceptors (Lipinski definition) is 5. The minimum atomic E-state index is -0.109. The third-order valence-electron chi connectivity index (χ3n) is 4.34. The van der Waals surface area contributed by atoms with Crippen LogP contribution in [-0.4, -0.2) is 33.4 Å². The highest BCUT2D eigenvalue weighted by Gasteiger charge is 2.31. The number of aryl methyl sites for hydroxylation is 1.